The van der Waals surface area contributed by atoms with Gasteiger partial charge in [0.2, 0.25) is 17.7 Å². The monoisotopic (exact) mass is 522 g/mol. The van der Waals surface area contributed by atoms with Gasteiger partial charge in [0.25, 0.3) is 0 Å². The Hall–Kier alpha value is -3.20. The smallest absolute Gasteiger partial charge is 0.247 e. The summed E-state index contributed by atoms with van der Waals surface area (Å²) in [6.07, 6.45) is 8.82. The maximum absolute atomic E-state index is 13.7. The van der Waals surface area contributed by atoms with Crippen LogP contribution in [0.25, 0.3) is 0 Å². The summed E-state index contributed by atoms with van der Waals surface area (Å²) in [6.45, 7) is 4.72. The Kier molecular flexibility index (Phi) is 7.83. The molecule has 204 valence electrons. The molecule has 1 aliphatic carbocycles. The topological polar surface area (TPSA) is 123 Å². The van der Waals surface area contributed by atoms with Crippen molar-refractivity contribution in [3.63, 3.8) is 0 Å². The summed E-state index contributed by atoms with van der Waals surface area (Å²) < 4.78 is 10.7. The minimum Gasteiger partial charge on any atom is -0.381 e. The van der Waals surface area contributed by atoms with E-state index in [1.807, 2.05) is 25.1 Å². The number of hydrogen-bond acceptors (Lipinski definition) is 6. The van der Waals surface area contributed by atoms with E-state index in [1.165, 1.54) is 6.42 Å². The number of aryl methyl sites for hydroxylation is 2. The molecule has 3 N–H and O–H groups in total. The van der Waals surface area contributed by atoms with Gasteiger partial charge in [-0.3, -0.25) is 14.4 Å². The Morgan fingerprint density at radius 2 is 1.82 bits per heavy atom. The van der Waals surface area contributed by atoms with Crippen molar-refractivity contribution in [3.05, 3.63) is 40.8 Å². The van der Waals surface area contributed by atoms with Gasteiger partial charge in [-0.25, -0.2) is 0 Å². The second-order valence-corrected chi connectivity index (χ2v) is 11.0. The molecule has 1 aromatic carbocycles. The second-order valence-electron chi connectivity index (χ2n) is 11.0. The van der Waals surface area contributed by atoms with Gasteiger partial charge in [-0.2, -0.15) is 0 Å². The highest BCUT2D eigenvalue weighted by Crippen LogP contribution is 2.45. The summed E-state index contributed by atoms with van der Waals surface area (Å²) in [5, 5.41) is 13.1. The van der Waals surface area contributed by atoms with E-state index in [-0.39, 0.29) is 30.1 Å². The molecule has 0 bridgehead atoms. The minimum atomic E-state index is -0.647. The number of carbonyl (C=O) groups excluding carboxylic acids is 3. The van der Waals surface area contributed by atoms with Crippen LogP contribution in [-0.2, 0) is 31.0 Å². The van der Waals surface area contributed by atoms with Crippen LogP contribution < -0.4 is 16.0 Å². The molecule has 3 amide bonds. The first-order valence-electron chi connectivity index (χ1n) is 13.9. The van der Waals surface area contributed by atoms with Crippen LogP contribution in [0, 0.1) is 19.8 Å². The van der Waals surface area contributed by atoms with Crippen LogP contribution in [-0.4, -0.2) is 42.1 Å². The third kappa shape index (κ3) is 5.34. The Balaban J connectivity index is 1.34. The number of benzene rings is 1. The third-order valence-electron chi connectivity index (χ3n) is 8.57. The van der Waals surface area contributed by atoms with Crippen LogP contribution in [0.5, 0.6) is 0 Å². The van der Waals surface area contributed by atoms with Crippen molar-refractivity contribution in [2.45, 2.75) is 89.5 Å². The molecular weight excluding hydrogens is 484 g/mol. The van der Waals surface area contributed by atoms with E-state index in [2.05, 4.69) is 21.1 Å². The van der Waals surface area contributed by atoms with Crippen molar-refractivity contribution in [1.29, 1.82) is 0 Å². The van der Waals surface area contributed by atoms with Crippen LogP contribution in [0.2, 0.25) is 0 Å². The van der Waals surface area contributed by atoms with Crippen molar-refractivity contribution in [3.8, 4) is 0 Å². The largest absolute Gasteiger partial charge is 0.381 e. The molecule has 9 heteroatoms. The number of ether oxygens (including phenoxy) is 1. The van der Waals surface area contributed by atoms with E-state index in [0.717, 1.165) is 55.3 Å². The maximum atomic E-state index is 13.7. The van der Waals surface area contributed by atoms with Gasteiger partial charge in [0.15, 0.2) is 0 Å². The van der Waals surface area contributed by atoms with E-state index in [4.69, 9.17) is 9.26 Å². The minimum absolute atomic E-state index is 0.00161. The molecule has 0 radical (unpaired) electrons. The first-order chi connectivity index (χ1) is 18.4. The molecule has 2 aliphatic heterocycles. The van der Waals surface area contributed by atoms with Crippen LogP contribution in [0.15, 0.2) is 22.7 Å². The number of nitrogens with zero attached hydrogens (tertiary/aromatic N) is 1. The molecule has 1 atom stereocenters. The van der Waals surface area contributed by atoms with Gasteiger partial charge in [0.05, 0.1) is 17.5 Å². The molecule has 9 nitrogen and oxygen atoms in total. The van der Waals surface area contributed by atoms with E-state index < -0.39 is 11.5 Å². The lowest BCUT2D eigenvalue weighted by Gasteiger charge is -2.31. The standard InChI is InChI=1S/C29H38N4O5/c1-18-22(19(2)38-33-18)17-25(34)32-26(20-8-6-4-3-5-7-9-20)27(35)30-21-10-11-23-24(16-21)31-28(36)29(23)12-14-37-15-13-29/h10-11,16,20,26H,3-9,12-15,17H2,1-2H3,(H,30,35)(H,31,36)(H,32,34). The number of fused-ring (bicyclic) bond motifs is 2. The molecule has 2 aromatic rings. The quantitative estimate of drug-likeness (QED) is 0.519. The number of nitrogens with one attached hydrogen (secondary N) is 3. The first kappa shape index (κ1) is 26.4. The fourth-order valence-electron chi connectivity index (χ4n) is 6.30. The number of carbonyl (C=O) groups is 3. The fraction of sp³-hybridized carbons (Fsp3) is 0.586. The first-order valence-corrected chi connectivity index (χ1v) is 13.9. The average Bonchev–Trinajstić information content (AvgIpc) is 3.33. The maximum Gasteiger partial charge on any atom is 0.247 e. The molecule has 3 heterocycles. The number of anilines is 2. The third-order valence-corrected chi connectivity index (χ3v) is 8.57. The molecule has 1 aromatic heterocycles. The summed E-state index contributed by atoms with van der Waals surface area (Å²) in [5.74, 6) is 0.228. The van der Waals surface area contributed by atoms with Gasteiger partial charge in [-0.1, -0.05) is 43.3 Å². The van der Waals surface area contributed by atoms with Crippen molar-refractivity contribution in [2.75, 3.05) is 23.8 Å². The zero-order valence-corrected chi connectivity index (χ0v) is 22.4. The predicted octanol–water partition coefficient (Wildman–Crippen LogP) is 4.32. The van der Waals surface area contributed by atoms with Crippen LogP contribution in [0.3, 0.4) is 0 Å². The highest BCUT2D eigenvalue weighted by Gasteiger charge is 2.47. The number of aromatic nitrogens is 1. The summed E-state index contributed by atoms with van der Waals surface area (Å²) >= 11 is 0. The van der Waals surface area contributed by atoms with Gasteiger partial charge >= 0.3 is 0 Å². The van der Waals surface area contributed by atoms with E-state index in [9.17, 15) is 14.4 Å². The molecule has 1 unspecified atom stereocenters. The van der Waals surface area contributed by atoms with E-state index in [1.54, 1.807) is 6.92 Å². The van der Waals surface area contributed by atoms with E-state index >= 15 is 0 Å². The lowest BCUT2D eigenvalue weighted by atomic mass is 9.75. The van der Waals surface area contributed by atoms with Crippen LogP contribution in [0.4, 0.5) is 11.4 Å². The molecule has 5 rings (SSSR count). The molecule has 3 aliphatic rings. The SMILES string of the molecule is Cc1noc(C)c1CC(=O)NC(C(=O)Nc1ccc2c(c1)NC(=O)C21CCOCC1)C1CCCCCCC1. The molecule has 1 saturated heterocycles. The Morgan fingerprint density at radius 3 is 2.50 bits per heavy atom. The van der Waals surface area contributed by atoms with Crippen molar-refractivity contribution in [2.24, 2.45) is 5.92 Å². The van der Waals surface area contributed by atoms with Gasteiger partial charge in [-0.15, -0.1) is 0 Å². The normalized spacial score (nSPS) is 20.2. The number of rotatable bonds is 6. The summed E-state index contributed by atoms with van der Waals surface area (Å²) in [4.78, 5) is 39.7. The number of amides is 3. The highest BCUT2D eigenvalue weighted by atomic mass is 16.5. The van der Waals surface area contributed by atoms with E-state index in [0.29, 0.717) is 43.2 Å². The summed E-state index contributed by atoms with van der Waals surface area (Å²) in [6, 6.07) is 4.98. The predicted molar refractivity (Wildman–Crippen MR) is 143 cm³/mol. The van der Waals surface area contributed by atoms with Gasteiger partial charge < -0.3 is 25.2 Å². The van der Waals surface area contributed by atoms with Crippen molar-refractivity contribution in [1.82, 2.24) is 10.5 Å². The molecule has 1 saturated carbocycles. The zero-order chi connectivity index (χ0) is 26.7. The number of hydrogen-bond donors (Lipinski definition) is 3. The second kappa shape index (κ2) is 11.3. The van der Waals surface area contributed by atoms with Crippen molar-refractivity contribution < 1.29 is 23.6 Å². The lowest BCUT2D eigenvalue weighted by Crippen LogP contribution is -2.49. The lowest BCUT2D eigenvalue weighted by molar-refractivity contribution is -0.127. The Bertz CT molecular complexity index is 1170. The highest BCUT2D eigenvalue weighted by molar-refractivity contribution is 6.07. The zero-order valence-electron chi connectivity index (χ0n) is 22.4. The molecule has 2 fully saturated rings. The van der Waals surface area contributed by atoms with Crippen LogP contribution >= 0.6 is 0 Å². The molecule has 1 spiro atoms. The van der Waals surface area contributed by atoms with Crippen molar-refractivity contribution >= 4 is 29.1 Å². The average molecular weight is 523 g/mol. The Morgan fingerprint density at radius 1 is 1.11 bits per heavy atom. The molecule has 38 heavy (non-hydrogen) atoms. The van der Waals surface area contributed by atoms with Gasteiger partial charge in [0.1, 0.15) is 11.8 Å². The molecular formula is C29H38N4O5. The summed E-state index contributed by atoms with van der Waals surface area (Å²) in [5.41, 5.74) is 3.20. The van der Waals surface area contributed by atoms with Gasteiger partial charge in [0, 0.05) is 30.2 Å². The summed E-state index contributed by atoms with van der Waals surface area (Å²) in [7, 11) is 0. The van der Waals surface area contributed by atoms with Gasteiger partial charge in [-0.05, 0) is 63.1 Å². The fourth-order valence-corrected chi connectivity index (χ4v) is 6.30. The Labute approximate surface area is 223 Å². The van der Waals surface area contributed by atoms with Crippen LogP contribution in [0.1, 0.15) is 80.4 Å².